The van der Waals surface area contributed by atoms with Crippen LogP contribution < -0.4 is 10.6 Å². The summed E-state index contributed by atoms with van der Waals surface area (Å²) < 4.78 is 10.9. The van der Waals surface area contributed by atoms with E-state index in [1.54, 1.807) is 7.05 Å². The highest BCUT2D eigenvalue weighted by molar-refractivity contribution is 5.80. The highest BCUT2D eigenvalue weighted by atomic mass is 16.5. The molecule has 1 aromatic rings. The Kier molecular flexibility index (Phi) is 5.87. The van der Waals surface area contributed by atoms with Crippen LogP contribution in [0.15, 0.2) is 33.2 Å². The molecule has 0 aliphatic carbocycles. The molecule has 2 heterocycles. The van der Waals surface area contributed by atoms with Gasteiger partial charge in [-0.15, -0.1) is 0 Å². The summed E-state index contributed by atoms with van der Waals surface area (Å²) in [5.74, 6) is 2.64. The molecule has 1 aromatic heterocycles. The lowest BCUT2D eigenvalue weighted by Gasteiger charge is -2.18. The van der Waals surface area contributed by atoms with Crippen LogP contribution in [0.1, 0.15) is 37.3 Å². The molecule has 21 heavy (non-hydrogen) atoms. The van der Waals surface area contributed by atoms with Crippen molar-refractivity contribution < 1.29 is 9.15 Å². The smallest absolute Gasteiger partial charge is 0.191 e. The molecule has 1 aliphatic rings. The minimum Gasteiger partial charge on any atom is -0.464 e. The highest BCUT2D eigenvalue weighted by Gasteiger charge is 2.11. The van der Waals surface area contributed by atoms with Crippen LogP contribution in [0.5, 0.6) is 0 Å². The van der Waals surface area contributed by atoms with E-state index in [1.165, 1.54) is 5.57 Å². The van der Waals surface area contributed by atoms with E-state index in [9.17, 15) is 0 Å². The van der Waals surface area contributed by atoms with Crippen molar-refractivity contribution in [3.8, 4) is 0 Å². The maximum atomic E-state index is 5.62. The van der Waals surface area contributed by atoms with Crippen molar-refractivity contribution in [2.24, 2.45) is 4.99 Å². The van der Waals surface area contributed by atoms with E-state index in [4.69, 9.17) is 9.15 Å². The number of nitrogens with one attached hydrogen (secondary N) is 2. The molecule has 116 valence electrons. The molecule has 0 bridgehead atoms. The second-order valence-corrected chi connectivity index (χ2v) is 5.25. The van der Waals surface area contributed by atoms with Crippen molar-refractivity contribution in [2.45, 2.75) is 32.7 Å². The number of ether oxygens (including phenoxy) is 1. The van der Waals surface area contributed by atoms with E-state index in [0.29, 0.717) is 0 Å². The van der Waals surface area contributed by atoms with E-state index >= 15 is 0 Å². The SMILES string of the molecule is CN=C(NCCC1=CCOCC1)NC(C)c1ccc(C)o1. The van der Waals surface area contributed by atoms with Gasteiger partial charge in [0.1, 0.15) is 11.5 Å². The van der Waals surface area contributed by atoms with Gasteiger partial charge in [0.15, 0.2) is 5.96 Å². The first-order chi connectivity index (χ1) is 10.2. The van der Waals surface area contributed by atoms with Crippen molar-refractivity contribution in [2.75, 3.05) is 26.8 Å². The third kappa shape index (κ3) is 4.93. The van der Waals surface area contributed by atoms with E-state index < -0.39 is 0 Å². The molecule has 0 amide bonds. The molecule has 0 spiro atoms. The molecule has 1 aliphatic heterocycles. The van der Waals surface area contributed by atoms with Crippen molar-refractivity contribution >= 4 is 5.96 Å². The van der Waals surface area contributed by atoms with Crippen LogP contribution in [-0.4, -0.2) is 32.8 Å². The van der Waals surface area contributed by atoms with Crippen LogP contribution >= 0.6 is 0 Å². The molecule has 0 radical (unpaired) electrons. The van der Waals surface area contributed by atoms with Gasteiger partial charge in [-0.1, -0.05) is 11.6 Å². The molecular weight excluding hydrogens is 266 g/mol. The summed E-state index contributed by atoms with van der Waals surface area (Å²) in [7, 11) is 1.78. The number of nitrogens with zero attached hydrogens (tertiary/aromatic N) is 1. The zero-order valence-corrected chi connectivity index (χ0v) is 13.1. The molecule has 0 saturated heterocycles. The average molecular weight is 291 g/mol. The van der Waals surface area contributed by atoms with Gasteiger partial charge in [0.05, 0.1) is 19.3 Å². The van der Waals surface area contributed by atoms with Crippen LogP contribution in [0.25, 0.3) is 0 Å². The molecule has 1 unspecified atom stereocenters. The molecule has 2 rings (SSSR count). The largest absolute Gasteiger partial charge is 0.464 e. The minimum atomic E-state index is 0.0900. The zero-order chi connectivity index (χ0) is 15.1. The normalized spacial score (nSPS) is 17.3. The Morgan fingerprint density at radius 1 is 1.43 bits per heavy atom. The molecule has 0 aromatic carbocycles. The molecule has 5 nitrogen and oxygen atoms in total. The van der Waals surface area contributed by atoms with E-state index in [1.807, 2.05) is 19.1 Å². The first kappa shape index (κ1) is 15.6. The third-order valence-electron chi connectivity index (χ3n) is 3.56. The van der Waals surface area contributed by atoms with E-state index in [0.717, 1.165) is 50.1 Å². The van der Waals surface area contributed by atoms with Gasteiger partial charge in [-0.05, 0) is 38.8 Å². The summed E-state index contributed by atoms with van der Waals surface area (Å²) in [5, 5.41) is 6.67. The summed E-state index contributed by atoms with van der Waals surface area (Å²) in [6, 6.07) is 4.06. The second-order valence-electron chi connectivity index (χ2n) is 5.25. The molecule has 2 N–H and O–H groups in total. The summed E-state index contributed by atoms with van der Waals surface area (Å²) in [5.41, 5.74) is 1.46. The fraction of sp³-hybridized carbons (Fsp3) is 0.562. The standard InChI is InChI=1S/C16H25N3O2/c1-12-4-5-15(21-12)13(2)19-16(17-3)18-9-6-14-7-10-20-11-8-14/h4-5,7,13H,6,8-11H2,1-3H3,(H2,17,18,19). The Labute approximate surface area is 126 Å². The van der Waals surface area contributed by atoms with E-state index in [-0.39, 0.29) is 6.04 Å². The van der Waals surface area contributed by atoms with Gasteiger partial charge < -0.3 is 19.8 Å². The van der Waals surface area contributed by atoms with Crippen LogP contribution in [0.2, 0.25) is 0 Å². The first-order valence-electron chi connectivity index (χ1n) is 7.48. The average Bonchev–Trinajstić information content (AvgIpc) is 2.94. The number of hydrogen-bond acceptors (Lipinski definition) is 3. The number of furan rings is 1. The summed E-state index contributed by atoms with van der Waals surface area (Å²) in [6.07, 6.45) is 4.24. The van der Waals surface area contributed by atoms with Gasteiger partial charge >= 0.3 is 0 Å². The summed E-state index contributed by atoms with van der Waals surface area (Å²) in [6.45, 7) is 6.47. The summed E-state index contributed by atoms with van der Waals surface area (Å²) in [4.78, 5) is 4.25. The minimum absolute atomic E-state index is 0.0900. The monoisotopic (exact) mass is 291 g/mol. The van der Waals surface area contributed by atoms with Crippen molar-refractivity contribution in [3.05, 3.63) is 35.3 Å². The maximum Gasteiger partial charge on any atom is 0.191 e. The topological polar surface area (TPSA) is 58.8 Å². The molecule has 1 atom stereocenters. The fourth-order valence-electron chi connectivity index (χ4n) is 2.29. The van der Waals surface area contributed by atoms with Crippen LogP contribution in [-0.2, 0) is 4.74 Å². The lowest BCUT2D eigenvalue weighted by atomic mass is 10.1. The summed E-state index contributed by atoms with van der Waals surface area (Å²) >= 11 is 0. The van der Waals surface area contributed by atoms with Crippen LogP contribution in [0, 0.1) is 6.92 Å². The Morgan fingerprint density at radius 3 is 2.90 bits per heavy atom. The molecule has 5 heteroatoms. The number of guanidine groups is 1. The second kappa shape index (κ2) is 7.88. The lowest BCUT2D eigenvalue weighted by molar-refractivity contribution is 0.153. The number of aryl methyl sites for hydroxylation is 1. The van der Waals surface area contributed by atoms with Gasteiger partial charge in [0.2, 0.25) is 0 Å². The Morgan fingerprint density at radius 2 is 2.29 bits per heavy atom. The Bertz CT molecular complexity index is 505. The van der Waals surface area contributed by atoms with Crippen molar-refractivity contribution in [1.82, 2.24) is 10.6 Å². The predicted octanol–water partition coefficient (Wildman–Crippen LogP) is 2.55. The Balaban J connectivity index is 1.76. The van der Waals surface area contributed by atoms with E-state index in [2.05, 4.69) is 28.6 Å². The molecule has 0 saturated carbocycles. The number of aliphatic imine (C=N–C) groups is 1. The van der Waals surface area contributed by atoms with Gasteiger partial charge in [-0.3, -0.25) is 4.99 Å². The number of rotatable bonds is 5. The fourth-order valence-corrected chi connectivity index (χ4v) is 2.29. The van der Waals surface area contributed by atoms with Gasteiger partial charge in [0.25, 0.3) is 0 Å². The number of hydrogen-bond donors (Lipinski definition) is 2. The third-order valence-corrected chi connectivity index (χ3v) is 3.56. The van der Waals surface area contributed by atoms with Crippen molar-refractivity contribution in [3.63, 3.8) is 0 Å². The van der Waals surface area contributed by atoms with Crippen LogP contribution in [0.3, 0.4) is 0 Å². The quantitative estimate of drug-likeness (QED) is 0.497. The predicted molar refractivity (Wildman–Crippen MR) is 84.5 cm³/mol. The van der Waals surface area contributed by atoms with Gasteiger partial charge in [-0.25, -0.2) is 0 Å². The van der Waals surface area contributed by atoms with Gasteiger partial charge in [-0.2, -0.15) is 0 Å². The maximum absolute atomic E-state index is 5.62. The highest BCUT2D eigenvalue weighted by Crippen LogP contribution is 2.15. The Hall–Kier alpha value is -1.75. The van der Waals surface area contributed by atoms with Crippen molar-refractivity contribution in [1.29, 1.82) is 0 Å². The zero-order valence-electron chi connectivity index (χ0n) is 13.1. The lowest BCUT2D eigenvalue weighted by Crippen LogP contribution is -2.39. The van der Waals surface area contributed by atoms with Crippen LogP contribution in [0.4, 0.5) is 0 Å². The van der Waals surface area contributed by atoms with Gasteiger partial charge in [0, 0.05) is 13.6 Å². The molecule has 0 fully saturated rings. The first-order valence-corrected chi connectivity index (χ1v) is 7.48. The molecular formula is C16H25N3O2.